The molecule has 0 unspecified atom stereocenters. The van der Waals surface area contributed by atoms with E-state index in [0.29, 0.717) is 13.0 Å². The molecule has 0 heterocycles. The van der Waals surface area contributed by atoms with E-state index in [2.05, 4.69) is 15.9 Å². The minimum Gasteiger partial charge on any atom is -0.369 e. The molecule has 82 valence electrons. The van der Waals surface area contributed by atoms with Crippen molar-refractivity contribution in [3.05, 3.63) is 34.3 Å². The van der Waals surface area contributed by atoms with Crippen molar-refractivity contribution in [2.24, 2.45) is 0 Å². The van der Waals surface area contributed by atoms with Gasteiger partial charge in [0, 0.05) is 10.9 Å². The smallest absolute Gasteiger partial charge is 0.158 e. The lowest BCUT2D eigenvalue weighted by Crippen LogP contribution is -2.07. The number of benzene rings is 1. The molecular weight excluding hydrogens is 256 g/mol. The van der Waals surface area contributed by atoms with Crippen LogP contribution in [0.4, 0.5) is 0 Å². The van der Waals surface area contributed by atoms with Crippen molar-refractivity contribution in [3.8, 4) is 0 Å². The molecule has 0 atom stereocenters. The first-order valence-corrected chi connectivity index (χ1v) is 5.85. The molecule has 0 aromatic heterocycles. The SMILES string of the molecule is CCCC(=O)COCc1cccc(Br)c1. The number of carbonyl (C=O) groups excluding carboxylic acids is 1. The Morgan fingerprint density at radius 3 is 2.93 bits per heavy atom. The number of hydrogen-bond donors (Lipinski definition) is 0. The summed E-state index contributed by atoms with van der Waals surface area (Å²) in [5, 5.41) is 0. The Kier molecular flexibility index (Phi) is 5.58. The van der Waals surface area contributed by atoms with Crippen molar-refractivity contribution in [2.75, 3.05) is 6.61 Å². The molecular formula is C12H15BrO2. The van der Waals surface area contributed by atoms with Gasteiger partial charge >= 0.3 is 0 Å². The van der Waals surface area contributed by atoms with Gasteiger partial charge in [0.25, 0.3) is 0 Å². The number of hydrogen-bond acceptors (Lipinski definition) is 2. The molecule has 0 N–H and O–H groups in total. The Morgan fingerprint density at radius 2 is 2.27 bits per heavy atom. The molecule has 0 fully saturated rings. The lowest BCUT2D eigenvalue weighted by molar-refractivity contribution is -0.124. The van der Waals surface area contributed by atoms with Crippen LogP contribution in [-0.4, -0.2) is 12.4 Å². The molecule has 0 aliphatic carbocycles. The number of carbonyl (C=O) groups is 1. The second-order valence-electron chi connectivity index (χ2n) is 3.41. The van der Waals surface area contributed by atoms with Crippen LogP contribution in [0.5, 0.6) is 0 Å². The van der Waals surface area contributed by atoms with Gasteiger partial charge in [0.2, 0.25) is 0 Å². The van der Waals surface area contributed by atoms with E-state index in [1.165, 1.54) is 0 Å². The average Bonchev–Trinajstić information content (AvgIpc) is 2.18. The zero-order valence-electron chi connectivity index (χ0n) is 8.83. The van der Waals surface area contributed by atoms with Crippen molar-refractivity contribution in [1.29, 1.82) is 0 Å². The minimum absolute atomic E-state index is 0.174. The molecule has 0 radical (unpaired) electrons. The van der Waals surface area contributed by atoms with Crippen molar-refractivity contribution < 1.29 is 9.53 Å². The molecule has 1 rings (SSSR count). The van der Waals surface area contributed by atoms with E-state index in [4.69, 9.17) is 4.74 Å². The summed E-state index contributed by atoms with van der Waals surface area (Å²) >= 11 is 3.39. The third kappa shape index (κ3) is 5.09. The Morgan fingerprint density at radius 1 is 1.47 bits per heavy atom. The summed E-state index contributed by atoms with van der Waals surface area (Å²) in [6.45, 7) is 2.71. The predicted octanol–water partition coefficient (Wildman–Crippen LogP) is 3.33. The van der Waals surface area contributed by atoms with Gasteiger partial charge in [0.1, 0.15) is 6.61 Å². The first-order valence-electron chi connectivity index (χ1n) is 5.06. The molecule has 0 bridgehead atoms. The highest BCUT2D eigenvalue weighted by atomic mass is 79.9. The summed E-state index contributed by atoms with van der Waals surface area (Å²) in [4.78, 5) is 11.2. The van der Waals surface area contributed by atoms with Gasteiger partial charge in [-0.3, -0.25) is 4.79 Å². The molecule has 0 spiro atoms. The Hall–Kier alpha value is -0.670. The Labute approximate surface area is 98.8 Å². The van der Waals surface area contributed by atoms with Gasteiger partial charge in [-0.1, -0.05) is 35.0 Å². The molecule has 1 aromatic rings. The fraction of sp³-hybridized carbons (Fsp3) is 0.417. The standard InChI is InChI=1S/C12H15BrO2/c1-2-4-12(14)9-15-8-10-5-3-6-11(13)7-10/h3,5-7H,2,4,8-9H2,1H3. The van der Waals surface area contributed by atoms with E-state index in [-0.39, 0.29) is 12.4 Å². The maximum Gasteiger partial charge on any atom is 0.158 e. The summed E-state index contributed by atoms with van der Waals surface area (Å²) in [6.07, 6.45) is 1.50. The van der Waals surface area contributed by atoms with Crippen LogP contribution in [0.25, 0.3) is 0 Å². The van der Waals surface area contributed by atoms with Crippen LogP contribution < -0.4 is 0 Å². The molecule has 1 aromatic carbocycles. The fourth-order valence-corrected chi connectivity index (χ4v) is 1.71. The van der Waals surface area contributed by atoms with Gasteiger partial charge < -0.3 is 4.74 Å². The number of ketones is 1. The zero-order chi connectivity index (χ0) is 11.1. The quantitative estimate of drug-likeness (QED) is 0.793. The largest absolute Gasteiger partial charge is 0.369 e. The molecule has 0 saturated heterocycles. The van der Waals surface area contributed by atoms with Gasteiger partial charge in [-0.2, -0.15) is 0 Å². The van der Waals surface area contributed by atoms with Gasteiger partial charge in [-0.05, 0) is 24.1 Å². The van der Waals surface area contributed by atoms with Crippen molar-refractivity contribution in [2.45, 2.75) is 26.4 Å². The highest BCUT2D eigenvalue weighted by Crippen LogP contribution is 2.12. The second-order valence-corrected chi connectivity index (χ2v) is 4.33. The summed E-state index contributed by atoms with van der Waals surface area (Å²) < 4.78 is 6.35. The second kappa shape index (κ2) is 6.75. The van der Waals surface area contributed by atoms with Gasteiger partial charge in [0.15, 0.2) is 5.78 Å². The Bertz CT molecular complexity index is 323. The molecule has 15 heavy (non-hydrogen) atoms. The van der Waals surface area contributed by atoms with Crippen LogP contribution in [0.1, 0.15) is 25.3 Å². The van der Waals surface area contributed by atoms with Crippen LogP contribution in [0.2, 0.25) is 0 Å². The first-order chi connectivity index (χ1) is 7.22. The average molecular weight is 271 g/mol. The fourth-order valence-electron chi connectivity index (χ4n) is 1.26. The maximum atomic E-state index is 11.2. The number of halogens is 1. The van der Waals surface area contributed by atoms with Crippen molar-refractivity contribution in [1.82, 2.24) is 0 Å². The molecule has 0 aliphatic heterocycles. The van der Waals surface area contributed by atoms with Gasteiger partial charge in [-0.25, -0.2) is 0 Å². The zero-order valence-corrected chi connectivity index (χ0v) is 10.4. The topological polar surface area (TPSA) is 26.3 Å². The third-order valence-electron chi connectivity index (χ3n) is 1.95. The molecule has 2 nitrogen and oxygen atoms in total. The number of ether oxygens (including phenoxy) is 1. The maximum absolute atomic E-state index is 11.2. The van der Waals surface area contributed by atoms with E-state index in [1.54, 1.807) is 0 Å². The van der Waals surface area contributed by atoms with Crippen LogP contribution in [-0.2, 0) is 16.1 Å². The molecule has 3 heteroatoms. The van der Waals surface area contributed by atoms with E-state index in [0.717, 1.165) is 16.5 Å². The molecule has 0 saturated carbocycles. The van der Waals surface area contributed by atoms with Crippen molar-refractivity contribution >= 4 is 21.7 Å². The van der Waals surface area contributed by atoms with E-state index >= 15 is 0 Å². The van der Waals surface area contributed by atoms with Crippen LogP contribution in [0, 0.1) is 0 Å². The van der Waals surface area contributed by atoms with Crippen LogP contribution in [0.3, 0.4) is 0 Å². The van der Waals surface area contributed by atoms with Crippen LogP contribution >= 0.6 is 15.9 Å². The van der Waals surface area contributed by atoms with Gasteiger partial charge in [0.05, 0.1) is 6.61 Å². The van der Waals surface area contributed by atoms with Gasteiger partial charge in [-0.15, -0.1) is 0 Å². The summed E-state index contributed by atoms with van der Waals surface area (Å²) in [5.41, 5.74) is 1.08. The lowest BCUT2D eigenvalue weighted by atomic mass is 10.2. The number of rotatable bonds is 6. The van der Waals surface area contributed by atoms with E-state index in [1.807, 2.05) is 31.2 Å². The number of Topliss-reactive ketones (excluding diaryl/α,β-unsaturated/α-hetero) is 1. The summed E-state index contributed by atoms with van der Waals surface area (Å²) in [7, 11) is 0. The highest BCUT2D eigenvalue weighted by molar-refractivity contribution is 9.10. The third-order valence-corrected chi connectivity index (χ3v) is 2.44. The normalized spacial score (nSPS) is 10.3. The van der Waals surface area contributed by atoms with Crippen molar-refractivity contribution in [3.63, 3.8) is 0 Å². The first kappa shape index (κ1) is 12.4. The molecule has 0 aliphatic rings. The summed E-state index contributed by atoms with van der Waals surface area (Å²) in [5.74, 6) is 0.174. The predicted molar refractivity (Wildman–Crippen MR) is 63.7 cm³/mol. The Balaban J connectivity index is 2.28. The monoisotopic (exact) mass is 270 g/mol. The molecule has 0 amide bonds. The van der Waals surface area contributed by atoms with Crippen LogP contribution in [0.15, 0.2) is 28.7 Å². The summed E-state index contributed by atoms with van der Waals surface area (Å²) in [6, 6.07) is 7.89. The van der Waals surface area contributed by atoms with E-state index < -0.39 is 0 Å². The minimum atomic E-state index is 0.174. The van der Waals surface area contributed by atoms with E-state index in [9.17, 15) is 4.79 Å². The lowest BCUT2D eigenvalue weighted by Gasteiger charge is -2.03. The highest BCUT2D eigenvalue weighted by Gasteiger charge is 2.00.